The summed E-state index contributed by atoms with van der Waals surface area (Å²) in [4.78, 5) is 0. The predicted molar refractivity (Wildman–Crippen MR) is 324 cm³/mol. The molecule has 0 spiro atoms. The third-order valence-electron chi connectivity index (χ3n) is 15.0. The van der Waals surface area contributed by atoms with Crippen molar-refractivity contribution < 1.29 is 32.3 Å². The van der Waals surface area contributed by atoms with Gasteiger partial charge in [0, 0.05) is 0 Å². The number of phosphoric acid groups is 1. The Labute approximate surface area is 463 Å². The lowest BCUT2D eigenvalue weighted by molar-refractivity contribution is -0.127. The van der Waals surface area contributed by atoms with Crippen LogP contribution >= 0.6 is 7.82 Å². The second-order valence-corrected chi connectivity index (χ2v) is 25.2. The van der Waals surface area contributed by atoms with Crippen molar-refractivity contribution in [3.05, 3.63) is 36.5 Å². The molecule has 0 aromatic rings. The SMILES string of the molecule is C=C(C)COCC(CCCCCCCC)(CCCCCCCC)OP(=O)(OC(CCCCCCCC)(CCCCCCCC)COCC(=C)C)OC(CCCCCCCC)(CCCCCCCC)COCC(=C)C. The van der Waals surface area contributed by atoms with Gasteiger partial charge >= 0.3 is 7.82 Å². The Bertz CT molecular complexity index is 1140. The number of hydrogen-bond acceptors (Lipinski definition) is 7. The van der Waals surface area contributed by atoms with Crippen molar-refractivity contribution in [2.75, 3.05) is 39.6 Å². The van der Waals surface area contributed by atoms with Gasteiger partial charge in [0.2, 0.25) is 0 Å². The maximum atomic E-state index is 17.3. The number of ether oxygens (including phenoxy) is 3. The molecule has 0 saturated heterocycles. The van der Waals surface area contributed by atoms with Gasteiger partial charge in [-0.15, -0.1) is 0 Å². The topological polar surface area (TPSA) is 72.5 Å². The first kappa shape index (κ1) is 73.2. The van der Waals surface area contributed by atoms with E-state index >= 15 is 4.57 Å². The Kier molecular flexibility index (Phi) is 48.7. The maximum absolute atomic E-state index is 17.3. The summed E-state index contributed by atoms with van der Waals surface area (Å²) in [6.07, 6.45) is 45.9. The number of phosphoric ester groups is 1. The van der Waals surface area contributed by atoms with E-state index in [0.29, 0.717) is 39.6 Å². The number of hydrogen-bond donors (Lipinski definition) is 0. The Balaban J connectivity index is 8.33. The van der Waals surface area contributed by atoms with Crippen molar-refractivity contribution >= 4 is 7.82 Å². The third kappa shape index (κ3) is 41.3. The summed E-state index contributed by atoms with van der Waals surface area (Å²) in [6.45, 7) is 34.6. The quantitative estimate of drug-likeness (QED) is 0.0341. The summed E-state index contributed by atoms with van der Waals surface area (Å²) in [6, 6.07) is 0. The Morgan fingerprint density at radius 2 is 0.459 bits per heavy atom. The fourth-order valence-corrected chi connectivity index (χ4v) is 12.8. The van der Waals surface area contributed by atoms with Gasteiger partial charge in [-0.2, -0.15) is 0 Å². The molecule has 0 aliphatic heterocycles. The lowest BCUT2D eigenvalue weighted by Crippen LogP contribution is -2.45. The zero-order valence-corrected chi connectivity index (χ0v) is 52.3. The van der Waals surface area contributed by atoms with Gasteiger partial charge in [0.25, 0.3) is 0 Å². The van der Waals surface area contributed by atoms with E-state index in [4.69, 9.17) is 27.8 Å². The molecule has 0 radical (unpaired) electrons. The van der Waals surface area contributed by atoms with Gasteiger partial charge < -0.3 is 14.2 Å². The van der Waals surface area contributed by atoms with Crippen LogP contribution < -0.4 is 0 Å². The van der Waals surface area contributed by atoms with E-state index in [1.165, 1.54) is 154 Å². The van der Waals surface area contributed by atoms with E-state index < -0.39 is 24.6 Å². The van der Waals surface area contributed by atoms with Crippen LogP contribution in [0.1, 0.15) is 332 Å². The largest absolute Gasteiger partial charge is 0.476 e. The molecule has 0 aromatic heterocycles. The van der Waals surface area contributed by atoms with Crippen LogP contribution in [0.25, 0.3) is 0 Å². The van der Waals surface area contributed by atoms with Crippen LogP contribution in [0.2, 0.25) is 0 Å². The molecule has 0 rings (SSSR count). The minimum Gasteiger partial charge on any atom is -0.374 e. The van der Waals surface area contributed by atoms with Crippen LogP contribution in [0.5, 0.6) is 0 Å². The Morgan fingerprint density at radius 3 is 0.622 bits per heavy atom. The first-order chi connectivity index (χ1) is 35.7. The minimum atomic E-state index is -4.48. The molecule has 0 atom stereocenters. The third-order valence-corrected chi connectivity index (χ3v) is 16.8. The Morgan fingerprint density at radius 1 is 0.297 bits per heavy atom. The number of unbranched alkanes of at least 4 members (excludes halogenated alkanes) is 30. The fourth-order valence-electron chi connectivity index (χ4n) is 10.5. The summed E-state index contributed by atoms with van der Waals surface area (Å²) >= 11 is 0. The van der Waals surface area contributed by atoms with Crippen molar-refractivity contribution in [3.63, 3.8) is 0 Å². The highest BCUT2D eigenvalue weighted by atomic mass is 31.2. The average molecular weight is 1070 g/mol. The van der Waals surface area contributed by atoms with Crippen LogP contribution in [0.4, 0.5) is 0 Å². The first-order valence-electron chi connectivity index (χ1n) is 32.1. The van der Waals surface area contributed by atoms with Gasteiger partial charge in [0.15, 0.2) is 0 Å². The van der Waals surface area contributed by atoms with E-state index in [-0.39, 0.29) is 0 Å². The maximum Gasteiger partial charge on any atom is 0.476 e. The molecular weight excluding hydrogens is 936 g/mol. The molecule has 8 heteroatoms. The van der Waals surface area contributed by atoms with E-state index in [9.17, 15) is 0 Å². The first-order valence-corrected chi connectivity index (χ1v) is 33.6. The van der Waals surface area contributed by atoms with Crippen LogP contribution in [0.15, 0.2) is 36.5 Å². The van der Waals surface area contributed by atoms with Crippen molar-refractivity contribution in [2.24, 2.45) is 0 Å². The van der Waals surface area contributed by atoms with Gasteiger partial charge in [-0.1, -0.05) is 309 Å². The molecule has 74 heavy (non-hydrogen) atoms. The van der Waals surface area contributed by atoms with Gasteiger partial charge in [-0.3, -0.25) is 13.6 Å². The molecule has 440 valence electrons. The van der Waals surface area contributed by atoms with E-state index in [2.05, 4.69) is 61.3 Å². The monoisotopic (exact) mass is 1060 g/mol. The average Bonchev–Trinajstić information content (AvgIpc) is 3.35. The molecule has 0 saturated carbocycles. The predicted octanol–water partition coefficient (Wildman–Crippen LogP) is 22.6. The van der Waals surface area contributed by atoms with Gasteiger partial charge in [-0.25, -0.2) is 4.57 Å². The summed E-state index contributed by atoms with van der Waals surface area (Å²) in [5.41, 5.74) is 0.214. The molecule has 0 unspecified atom stereocenters. The van der Waals surface area contributed by atoms with Crippen LogP contribution in [-0.4, -0.2) is 56.4 Å². The van der Waals surface area contributed by atoms with Gasteiger partial charge in [-0.05, 0) is 59.3 Å². The molecule has 0 aromatic carbocycles. The van der Waals surface area contributed by atoms with Crippen LogP contribution in [-0.2, 0) is 32.3 Å². The van der Waals surface area contributed by atoms with Gasteiger partial charge in [0.1, 0.15) is 16.8 Å². The molecule has 0 N–H and O–H groups in total. The standard InChI is InChI=1S/C66H129O7P/c1-13-19-25-31-37-43-49-64(58-68-55-61(7)8,50-44-38-32-26-20-14-2)71-74(67,72-65(59-69-56-62(9)10,51-45-39-33-27-21-15-3)52-46-40-34-28-22-16-4)73-66(60-70-57-63(11)12,53-47-41-35-29-23-17-5)54-48-42-36-30-24-18-6/h7,9,11,13-60H2,1-6,8,10,12H3. The molecule has 0 aliphatic carbocycles. The lowest BCUT2D eigenvalue weighted by Gasteiger charge is -2.44. The zero-order chi connectivity index (χ0) is 54.9. The molecule has 0 aliphatic rings. The van der Waals surface area contributed by atoms with Crippen molar-refractivity contribution in [3.8, 4) is 0 Å². The molecular formula is C66H129O7P. The molecule has 0 heterocycles. The lowest BCUT2D eigenvalue weighted by atomic mass is 9.90. The zero-order valence-electron chi connectivity index (χ0n) is 51.4. The van der Waals surface area contributed by atoms with E-state index in [1.54, 1.807) is 0 Å². The number of rotatable bonds is 60. The van der Waals surface area contributed by atoms with Crippen molar-refractivity contribution in [2.45, 2.75) is 349 Å². The molecule has 0 amide bonds. The highest BCUT2D eigenvalue weighted by Crippen LogP contribution is 2.62. The van der Waals surface area contributed by atoms with Crippen molar-refractivity contribution in [1.82, 2.24) is 0 Å². The second-order valence-electron chi connectivity index (χ2n) is 23.7. The molecule has 0 bridgehead atoms. The minimum absolute atomic E-state index is 0.308. The van der Waals surface area contributed by atoms with Crippen molar-refractivity contribution in [1.29, 1.82) is 0 Å². The fraction of sp³-hybridized carbons (Fsp3) is 0.909. The summed E-state index contributed by atoms with van der Waals surface area (Å²) in [7, 11) is -4.48. The Hall–Kier alpha value is -0.790. The summed E-state index contributed by atoms with van der Waals surface area (Å²) < 4.78 is 60.3. The smallest absolute Gasteiger partial charge is 0.374 e. The second kappa shape index (κ2) is 49.3. The summed E-state index contributed by atoms with van der Waals surface area (Å²) in [5.74, 6) is 0. The van der Waals surface area contributed by atoms with E-state index in [0.717, 1.165) is 132 Å². The van der Waals surface area contributed by atoms with Gasteiger partial charge in [0.05, 0.1) is 39.6 Å². The molecule has 0 fully saturated rings. The normalized spacial score (nSPS) is 12.6. The van der Waals surface area contributed by atoms with E-state index in [1.807, 2.05) is 20.8 Å². The van der Waals surface area contributed by atoms with Crippen LogP contribution in [0, 0.1) is 0 Å². The van der Waals surface area contributed by atoms with Crippen LogP contribution in [0.3, 0.4) is 0 Å². The highest BCUT2D eigenvalue weighted by molar-refractivity contribution is 7.48. The highest BCUT2D eigenvalue weighted by Gasteiger charge is 2.51. The summed E-state index contributed by atoms with van der Waals surface area (Å²) in [5, 5.41) is 0. The molecule has 7 nitrogen and oxygen atoms in total.